The van der Waals surface area contributed by atoms with E-state index in [9.17, 15) is 4.79 Å². The van der Waals surface area contributed by atoms with E-state index in [0.29, 0.717) is 0 Å². The van der Waals surface area contributed by atoms with Crippen LogP contribution >= 0.6 is 11.3 Å². The number of nitrogens with zero attached hydrogens (tertiary/aromatic N) is 1. The molecule has 0 spiro atoms. The Labute approximate surface area is 118 Å². The first-order valence-electron chi connectivity index (χ1n) is 6.42. The standard InChI is InChI=1S/C15H20N2OS/c1-5-15(2,3)17(4)14(18)13-9-10-8-11(16)6-7-12(10)19-13/h6-9H,5,16H2,1-4H3. The number of hydrogen-bond donors (Lipinski definition) is 1. The van der Waals surface area contributed by atoms with Crippen LogP contribution < -0.4 is 5.73 Å². The van der Waals surface area contributed by atoms with Crippen LogP contribution in [0.15, 0.2) is 24.3 Å². The minimum Gasteiger partial charge on any atom is -0.399 e. The van der Waals surface area contributed by atoms with Gasteiger partial charge in [-0.3, -0.25) is 4.79 Å². The number of nitrogen functional groups attached to an aromatic ring is 1. The molecule has 0 unspecified atom stereocenters. The highest BCUT2D eigenvalue weighted by Crippen LogP contribution is 2.29. The Balaban J connectivity index is 2.36. The number of amides is 1. The van der Waals surface area contributed by atoms with E-state index in [2.05, 4.69) is 20.8 Å². The van der Waals surface area contributed by atoms with Gasteiger partial charge in [-0.25, -0.2) is 0 Å². The molecule has 1 heterocycles. The molecule has 0 aliphatic heterocycles. The molecule has 0 bridgehead atoms. The van der Waals surface area contributed by atoms with Gasteiger partial charge in [-0.2, -0.15) is 0 Å². The highest BCUT2D eigenvalue weighted by molar-refractivity contribution is 7.20. The van der Waals surface area contributed by atoms with Gasteiger partial charge in [0.25, 0.3) is 5.91 Å². The Kier molecular flexibility index (Phi) is 3.54. The lowest BCUT2D eigenvalue weighted by Crippen LogP contribution is -2.44. The first-order chi connectivity index (χ1) is 8.85. The van der Waals surface area contributed by atoms with E-state index < -0.39 is 0 Å². The van der Waals surface area contributed by atoms with Crippen LogP contribution in [-0.4, -0.2) is 23.4 Å². The maximum absolute atomic E-state index is 12.5. The molecule has 102 valence electrons. The zero-order valence-electron chi connectivity index (χ0n) is 11.9. The van der Waals surface area contributed by atoms with E-state index in [1.54, 1.807) is 0 Å². The summed E-state index contributed by atoms with van der Waals surface area (Å²) >= 11 is 1.52. The highest BCUT2D eigenvalue weighted by Gasteiger charge is 2.27. The van der Waals surface area contributed by atoms with Crippen LogP contribution in [-0.2, 0) is 0 Å². The average molecular weight is 276 g/mol. The van der Waals surface area contributed by atoms with Crippen LogP contribution in [0.3, 0.4) is 0 Å². The largest absolute Gasteiger partial charge is 0.399 e. The second-order valence-corrected chi connectivity index (χ2v) is 6.52. The van der Waals surface area contributed by atoms with Gasteiger partial charge in [0.2, 0.25) is 0 Å². The summed E-state index contributed by atoms with van der Waals surface area (Å²) in [6, 6.07) is 7.68. The number of anilines is 1. The fourth-order valence-corrected chi connectivity index (χ4v) is 2.86. The number of rotatable bonds is 3. The SMILES string of the molecule is CCC(C)(C)N(C)C(=O)c1cc2cc(N)ccc2s1. The zero-order chi connectivity index (χ0) is 14.2. The van der Waals surface area contributed by atoms with E-state index in [1.165, 1.54) is 11.3 Å². The third kappa shape index (κ3) is 2.59. The Morgan fingerprint density at radius 1 is 1.37 bits per heavy atom. The number of hydrogen-bond acceptors (Lipinski definition) is 3. The van der Waals surface area contributed by atoms with E-state index >= 15 is 0 Å². The summed E-state index contributed by atoms with van der Waals surface area (Å²) in [6.07, 6.45) is 0.924. The third-order valence-corrected chi connectivity index (χ3v) is 4.93. The summed E-state index contributed by atoms with van der Waals surface area (Å²) in [5.74, 6) is 0.0756. The van der Waals surface area contributed by atoms with Gasteiger partial charge in [0.1, 0.15) is 0 Å². The molecule has 2 aromatic rings. The van der Waals surface area contributed by atoms with Crippen molar-refractivity contribution in [3.8, 4) is 0 Å². The Bertz CT molecular complexity index is 616. The summed E-state index contributed by atoms with van der Waals surface area (Å²) < 4.78 is 1.10. The van der Waals surface area contributed by atoms with E-state index in [-0.39, 0.29) is 11.4 Å². The summed E-state index contributed by atoms with van der Waals surface area (Å²) in [4.78, 5) is 15.1. The second-order valence-electron chi connectivity index (χ2n) is 5.44. The molecular formula is C15H20N2OS. The summed E-state index contributed by atoms with van der Waals surface area (Å²) in [5.41, 5.74) is 6.36. The zero-order valence-corrected chi connectivity index (χ0v) is 12.7. The van der Waals surface area contributed by atoms with Crippen molar-refractivity contribution in [2.75, 3.05) is 12.8 Å². The molecule has 3 nitrogen and oxygen atoms in total. The van der Waals surface area contributed by atoms with Gasteiger partial charge in [0, 0.05) is 23.0 Å². The van der Waals surface area contributed by atoms with Crippen LogP contribution in [0.2, 0.25) is 0 Å². The molecule has 4 heteroatoms. The number of carbonyl (C=O) groups is 1. The Morgan fingerprint density at radius 3 is 2.68 bits per heavy atom. The van der Waals surface area contributed by atoms with Crippen molar-refractivity contribution in [2.24, 2.45) is 0 Å². The van der Waals surface area contributed by atoms with Gasteiger partial charge in [-0.1, -0.05) is 6.92 Å². The molecule has 0 saturated heterocycles. The van der Waals surface area contributed by atoms with E-state index in [4.69, 9.17) is 5.73 Å². The average Bonchev–Trinajstić information content (AvgIpc) is 2.79. The van der Waals surface area contributed by atoms with Crippen molar-refractivity contribution >= 4 is 33.0 Å². The minimum absolute atomic E-state index is 0.0756. The summed E-state index contributed by atoms with van der Waals surface area (Å²) in [7, 11) is 1.87. The molecule has 0 aliphatic rings. The number of benzene rings is 1. The van der Waals surface area contributed by atoms with Crippen molar-refractivity contribution in [2.45, 2.75) is 32.7 Å². The van der Waals surface area contributed by atoms with E-state index in [1.807, 2.05) is 36.2 Å². The molecule has 2 rings (SSSR count). The predicted molar refractivity (Wildman–Crippen MR) is 82.7 cm³/mol. The Morgan fingerprint density at radius 2 is 2.05 bits per heavy atom. The van der Waals surface area contributed by atoms with Gasteiger partial charge in [-0.15, -0.1) is 11.3 Å². The van der Waals surface area contributed by atoms with Crippen LogP contribution in [0.5, 0.6) is 0 Å². The third-order valence-electron chi connectivity index (χ3n) is 3.83. The molecule has 1 amide bonds. The molecule has 0 saturated carbocycles. The number of carbonyl (C=O) groups excluding carboxylic acids is 1. The summed E-state index contributed by atoms with van der Waals surface area (Å²) in [6.45, 7) is 6.25. The van der Waals surface area contributed by atoms with Crippen molar-refractivity contribution < 1.29 is 4.79 Å². The highest BCUT2D eigenvalue weighted by atomic mass is 32.1. The molecule has 2 N–H and O–H groups in total. The maximum atomic E-state index is 12.5. The molecule has 0 fully saturated rings. The topological polar surface area (TPSA) is 46.3 Å². The number of fused-ring (bicyclic) bond motifs is 1. The predicted octanol–water partition coefficient (Wildman–Crippen LogP) is 3.74. The lowest BCUT2D eigenvalue weighted by molar-refractivity contribution is 0.0625. The van der Waals surface area contributed by atoms with Crippen LogP contribution in [0.4, 0.5) is 5.69 Å². The first-order valence-corrected chi connectivity index (χ1v) is 7.24. The van der Waals surface area contributed by atoms with Gasteiger partial charge in [0.05, 0.1) is 4.88 Å². The molecule has 19 heavy (non-hydrogen) atoms. The quantitative estimate of drug-likeness (QED) is 0.868. The molecule has 0 radical (unpaired) electrons. The second kappa shape index (κ2) is 4.85. The lowest BCUT2D eigenvalue weighted by Gasteiger charge is -2.34. The minimum atomic E-state index is -0.133. The van der Waals surface area contributed by atoms with E-state index in [0.717, 1.165) is 27.1 Å². The normalized spacial score (nSPS) is 11.8. The number of nitrogens with two attached hydrogens (primary N) is 1. The number of thiophene rings is 1. The Hall–Kier alpha value is -1.55. The molecule has 1 aromatic carbocycles. The van der Waals surface area contributed by atoms with Crippen LogP contribution in [0.1, 0.15) is 36.9 Å². The maximum Gasteiger partial charge on any atom is 0.264 e. The monoisotopic (exact) mass is 276 g/mol. The van der Waals surface area contributed by atoms with Gasteiger partial charge in [-0.05, 0) is 49.9 Å². The fraction of sp³-hybridized carbons (Fsp3) is 0.400. The van der Waals surface area contributed by atoms with Crippen molar-refractivity contribution in [1.29, 1.82) is 0 Å². The van der Waals surface area contributed by atoms with Gasteiger partial charge >= 0.3 is 0 Å². The van der Waals surface area contributed by atoms with Crippen molar-refractivity contribution in [3.63, 3.8) is 0 Å². The molecular weight excluding hydrogens is 256 g/mol. The fourth-order valence-electron chi connectivity index (χ4n) is 1.84. The molecule has 0 aliphatic carbocycles. The van der Waals surface area contributed by atoms with Crippen molar-refractivity contribution in [1.82, 2.24) is 4.90 Å². The first kappa shape index (κ1) is 13.9. The van der Waals surface area contributed by atoms with Crippen molar-refractivity contribution in [3.05, 3.63) is 29.1 Å². The molecule has 1 aromatic heterocycles. The summed E-state index contributed by atoms with van der Waals surface area (Å²) in [5, 5.41) is 1.04. The van der Waals surface area contributed by atoms with Crippen LogP contribution in [0.25, 0.3) is 10.1 Å². The molecule has 0 atom stereocenters. The van der Waals surface area contributed by atoms with Gasteiger partial charge in [0.15, 0.2) is 0 Å². The van der Waals surface area contributed by atoms with Gasteiger partial charge < -0.3 is 10.6 Å². The lowest BCUT2D eigenvalue weighted by atomic mass is 10.00. The van der Waals surface area contributed by atoms with Crippen LogP contribution in [0, 0.1) is 0 Å². The smallest absolute Gasteiger partial charge is 0.264 e.